The number of fused-ring (bicyclic) bond motifs is 3. The first kappa shape index (κ1) is 36.8. The number of nitrogens with zero attached hydrogens (tertiary/aromatic N) is 4. The van der Waals surface area contributed by atoms with Gasteiger partial charge in [0, 0.05) is 40.1 Å². The van der Waals surface area contributed by atoms with E-state index in [0.29, 0.717) is 29.3 Å². The summed E-state index contributed by atoms with van der Waals surface area (Å²) >= 11 is 0. The molecule has 6 heteroatoms. The van der Waals surface area contributed by atoms with Crippen molar-refractivity contribution in [3.8, 4) is 23.0 Å². The number of benzene rings is 3. The standard InChI is InChI=1S/C45H50N4O.Pt/c1-10-14-32-21-22-46-41(23-32)48-39-18-12-11-17-37(39)38-20-19-35(27-40(38)48)50-36-25-33(28(2)3)24-34(26-36)49-44(45(7,8)9)43(31(6)47-49)42-29(4)15-13-16-30(42)5;/h11-12,15,17-25,28,30,42H,10,13-14,16H2,1-9H3;/q-2;+2/t30-,42?;/m0./s1. The van der Waals surface area contributed by atoms with Crippen molar-refractivity contribution in [1.82, 2.24) is 19.3 Å². The Labute approximate surface area is 318 Å². The molecule has 266 valence electrons. The maximum absolute atomic E-state index is 6.71. The van der Waals surface area contributed by atoms with Gasteiger partial charge in [-0.1, -0.05) is 90.3 Å². The van der Waals surface area contributed by atoms with Gasteiger partial charge in [-0.05, 0) is 79.8 Å². The minimum Gasteiger partial charge on any atom is -0.509 e. The molecular weight excluding hydrogens is 808 g/mol. The molecule has 1 unspecified atom stereocenters. The van der Waals surface area contributed by atoms with Crippen molar-refractivity contribution < 1.29 is 25.8 Å². The van der Waals surface area contributed by atoms with Crippen molar-refractivity contribution in [2.75, 3.05) is 0 Å². The van der Waals surface area contributed by atoms with Gasteiger partial charge in [0.1, 0.15) is 5.82 Å². The molecule has 6 aromatic rings. The molecule has 1 aliphatic rings. The van der Waals surface area contributed by atoms with Crippen molar-refractivity contribution in [2.24, 2.45) is 5.92 Å². The van der Waals surface area contributed by atoms with Gasteiger partial charge in [0.25, 0.3) is 0 Å². The normalized spacial score (nSPS) is 16.5. The molecule has 0 radical (unpaired) electrons. The zero-order chi connectivity index (χ0) is 35.3. The molecule has 0 amide bonds. The molecule has 2 atom stereocenters. The van der Waals surface area contributed by atoms with E-state index in [0.717, 1.165) is 52.9 Å². The molecule has 7 rings (SSSR count). The summed E-state index contributed by atoms with van der Waals surface area (Å²) in [5.74, 6) is 3.40. The predicted molar refractivity (Wildman–Crippen MR) is 206 cm³/mol. The van der Waals surface area contributed by atoms with Gasteiger partial charge in [-0.25, -0.2) is 4.98 Å². The Morgan fingerprint density at radius 3 is 2.47 bits per heavy atom. The van der Waals surface area contributed by atoms with Crippen LogP contribution < -0.4 is 4.74 Å². The smallest absolute Gasteiger partial charge is 0.509 e. The van der Waals surface area contributed by atoms with Crippen molar-refractivity contribution in [3.05, 3.63) is 119 Å². The second kappa shape index (κ2) is 14.6. The Kier molecular flexibility index (Phi) is 10.5. The van der Waals surface area contributed by atoms with Gasteiger partial charge in [-0.15, -0.1) is 41.3 Å². The largest absolute Gasteiger partial charge is 2.00 e. The summed E-state index contributed by atoms with van der Waals surface area (Å²) in [6.45, 7) is 20.4. The minimum absolute atomic E-state index is 0. The number of ether oxygens (including phenoxy) is 1. The van der Waals surface area contributed by atoms with Crippen LogP contribution in [0, 0.1) is 25.0 Å². The molecular formula is C45H50N4OPt. The Balaban J connectivity index is 0.00000448. The van der Waals surface area contributed by atoms with Crippen molar-refractivity contribution >= 4 is 21.8 Å². The summed E-state index contributed by atoms with van der Waals surface area (Å²) < 4.78 is 11.1. The summed E-state index contributed by atoms with van der Waals surface area (Å²) in [6.07, 6.45) is 8.79. The Bertz CT molecular complexity index is 2230. The molecule has 0 saturated heterocycles. The zero-order valence-corrected chi connectivity index (χ0v) is 33.8. The third-order valence-electron chi connectivity index (χ3n) is 10.4. The number of pyridine rings is 1. The van der Waals surface area contributed by atoms with Crippen molar-refractivity contribution in [2.45, 2.75) is 105 Å². The summed E-state index contributed by atoms with van der Waals surface area (Å²) in [4.78, 5) is 4.82. The van der Waals surface area contributed by atoms with Gasteiger partial charge in [-0.2, -0.15) is 11.2 Å². The zero-order valence-electron chi connectivity index (χ0n) is 31.5. The van der Waals surface area contributed by atoms with Crippen LogP contribution in [0.1, 0.15) is 115 Å². The summed E-state index contributed by atoms with van der Waals surface area (Å²) in [7, 11) is 0. The summed E-state index contributed by atoms with van der Waals surface area (Å²) in [6, 6.07) is 28.6. The Hall–Kier alpha value is -3.95. The van der Waals surface area contributed by atoms with Crippen LogP contribution in [-0.4, -0.2) is 19.3 Å². The molecule has 51 heavy (non-hydrogen) atoms. The number of para-hydroxylation sites is 1. The first-order chi connectivity index (χ1) is 23.9. The van der Waals surface area contributed by atoms with E-state index in [1.54, 1.807) is 0 Å². The molecule has 1 aliphatic carbocycles. The van der Waals surface area contributed by atoms with E-state index >= 15 is 0 Å². The van der Waals surface area contributed by atoms with Gasteiger partial charge in [0.15, 0.2) is 0 Å². The molecule has 0 N–H and O–H groups in total. The number of hydrogen-bond donors (Lipinski definition) is 0. The SMILES string of the molecule is CCCc1ccnc(-n2c3[c-]c(Oc4[c-]c(-n5nc(C)c(C6C(C)=CCC[C@@H]6C)c5C(C)(C)C)cc(C(C)C)c4)ccc3c3ccccc32)c1.[Pt+2]. The van der Waals surface area contributed by atoms with Crippen molar-refractivity contribution in [3.63, 3.8) is 0 Å². The molecule has 0 bridgehead atoms. The topological polar surface area (TPSA) is 44.9 Å². The minimum atomic E-state index is -0.134. The van der Waals surface area contributed by atoms with Crippen LogP contribution in [0.2, 0.25) is 0 Å². The Morgan fingerprint density at radius 2 is 1.75 bits per heavy atom. The molecule has 0 aliphatic heterocycles. The van der Waals surface area contributed by atoms with Gasteiger partial charge in [0.05, 0.1) is 11.4 Å². The monoisotopic (exact) mass is 857 g/mol. The van der Waals surface area contributed by atoms with E-state index in [9.17, 15) is 0 Å². The van der Waals surface area contributed by atoms with Crippen LogP contribution in [0.15, 0.2) is 78.5 Å². The number of rotatable bonds is 8. The van der Waals surface area contributed by atoms with Crippen LogP contribution in [0.3, 0.4) is 0 Å². The molecule has 0 spiro atoms. The molecule has 3 aromatic heterocycles. The average Bonchev–Trinajstić information content (AvgIpc) is 3.59. The van der Waals surface area contributed by atoms with Crippen LogP contribution in [-0.2, 0) is 32.9 Å². The van der Waals surface area contributed by atoms with E-state index in [1.165, 1.54) is 39.8 Å². The van der Waals surface area contributed by atoms with Crippen molar-refractivity contribution in [1.29, 1.82) is 0 Å². The average molecular weight is 858 g/mol. The number of aryl methyl sites for hydroxylation is 2. The van der Waals surface area contributed by atoms with E-state index in [-0.39, 0.29) is 26.5 Å². The third-order valence-corrected chi connectivity index (χ3v) is 10.4. The van der Waals surface area contributed by atoms with Crippen LogP contribution in [0.25, 0.3) is 33.3 Å². The molecule has 0 fully saturated rings. The van der Waals surface area contributed by atoms with Gasteiger partial charge >= 0.3 is 21.1 Å². The maximum Gasteiger partial charge on any atom is 2.00 e. The molecule has 3 heterocycles. The number of hydrogen-bond acceptors (Lipinski definition) is 3. The summed E-state index contributed by atoms with van der Waals surface area (Å²) in [5, 5.41) is 7.54. The Morgan fingerprint density at radius 1 is 0.961 bits per heavy atom. The molecule has 5 nitrogen and oxygen atoms in total. The fourth-order valence-corrected chi connectivity index (χ4v) is 8.01. The summed E-state index contributed by atoms with van der Waals surface area (Å²) in [5.41, 5.74) is 10.4. The van der Waals surface area contributed by atoms with E-state index in [1.807, 2.05) is 12.3 Å². The van der Waals surface area contributed by atoms with Gasteiger partial charge in [0.2, 0.25) is 0 Å². The maximum atomic E-state index is 6.71. The number of aromatic nitrogens is 4. The van der Waals surface area contributed by atoms with E-state index in [2.05, 4.69) is 144 Å². The van der Waals surface area contributed by atoms with Crippen LogP contribution in [0.4, 0.5) is 0 Å². The third kappa shape index (κ3) is 6.99. The van der Waals surface area contributed by atoms with Crippen LogP contribution in [0.5, 0.6) is 11.5 Å². The predicted octanol–water partition coefficient (Wildman–Crippen LogP) is 11.9. The van der Waals surface area contributed by atoms with E-state index in [4.69, 9.17) is 14.8 Å². The second-order valence-electron chi connectivity index (χ2n) is 15.6. The fourth-order valence-electron chi connectivity index (χ4n) is 8.01. The van der Waals surface area contributed by atoms with E-state index < -0.39 is 0 Å². The quantitative estimate of drug-likeness (QED) is 0.113. The van der Waals surface area contributed by atoms with Gasteiger partial charge < -0.3 is 9.30 Å². The van der Waals surface area contributed by atoms with Gasteiger partial charge in [-0.3, -0.25) is 4.68 Å². The second-order valence-corrected chi connectivity index (χ2v) is 15.6. The molecule has 0 saturated carbocycles. The molecule has 3 aromatic carbocycles. The number of allylic oxidation sites excluding steroid dienone is 2. The first-order valence-electron chi connectivity index (χ1n) is 18.4. The van der Waals surface area contributed by atoms with Crippen LogP contribution >= 0.6 is 0 Å². The first-order valence-corrected chi connectivity index (χ1v) is 18.4. The fraction of sp³-hybridized carbons (Fsp3) is 0.378.